The van der Waals surface area contributed by atoms with Gasteiger partial charge in [-0.05, 0) is 18.6 Å². The van der Waals surface area contributed by atoms with Crippen molar-refractivity contribution in [2.45, 2.75) is 45.4 Å². The molecule has 0 amide bonds. The van der Waals surface area contributed by atoms with Crippen molar-refractivity contribution in [3.8, 4) is 17.2 Å². The first-order valence-corrected chi connectivity index (χ1v) is 9.65. The Bertz CT molecular complexity index is 843. The number of fused-ring (bicyclic) bond motifs is 1. The Balaban J connectivity index is 1.69. The lowest BCUT2D eigenvalue weighted by molar-refractivity contribution is 0.285. The summed E-state index contributed by atoms with van der Waals surface area (Å²) >= 11 is 0. The number of nitrogens with zero attached hydrogens (tertiary/aromatic N) is 3. The summed E-state index contributed by atoms with van der Waals surface area (Å²) in [4.78, 5) is 1.54. The quantitative estimate of drug-likeness (QED) is 0.413. The van der Waals surface area contributed by atoms with Crippen LogP contribution in [0.25, 0.3) is 16.7 Å². The van der Waals surface area contributed by atoms with E-state index >= 15 is 0 Å². The smallest absolute Gasteiger partial charge is 0.163 e. The minimum atomic E-state index is 0.550. The van der Waals surface area contributed by atoms with E-state index in [1.165, 1.54) is 32.1 Å². The van der Waals surface area contributed by atoms with E-state index in [1.54, 1.807) is 18.0 Å². The fourth-order valence-electron chi connectivity index (χ4n) is 3.04. The lowest BCUT2D eigenvalue weighted by atomic mass is 10.1. The molecule has 0 saturated carbocycles. The molecule has 0 saturated heterocycles. The van der Waals surface area contributed by atoms with Crippen LogP contribution < -0.4 is 15.2 Å². The number of methoxy groups -OCH3 is 1. The first kappa shape index (κ1) is 19.0. The second kappa shape index (κ2) is 9.26. The van der Waals surface area contributed by atoms with E-state index in [9.17, 15) is 0 Å². The topological polar surface area (TPSA) is 75.2 Å². The van der Waals surface area contributed by atoms with Crippen LogP contribution in [-0.2, 0) is 0 Å². The maximum absolute atomic E-state index is 6.25. The molecule has 0 aliphatic rings. The number of aromatic nitrogens is 3. The molecule has 3 rings (SSSR count). The zero-order valence-corrected chi connectivity index (χ0v) is 16.1. The Morgan fingerprint density at radius 3 is 2.26 bits per heavy atom. The maximum Gasteiger partial charge on any atom is 0.163 e. The Labute approximate surface area is 160 Å². The zero-order chi connectivity index (χ0) is 19.1. The van der Waals surface area contributed by atoms with Crippen molar-refractivity contribution in [2.75, 3.05) is 19.5 Å². The molecular weight excluding hydrogens is 340 g/mol. The molecule has 3 aromatic rings. The fourth-order valence-corrected chi connectivity index (χ4v) is 3.04. The molecule has 0 bridgehead atoms. The molecule has 0 radical (unpaired) electrons. The highest BCUT2D eigenvalue weighted by Gasteiger charge is 2.14. The van der Waals surface area contributed by atoms with Crippen LogP contribution in [-0.4, -0.2) is 28.7 Å². The molecule has 0 aliphatic heterocycles. The van der Waals surface area contributed by atoms with Gasteiger partial charge in [-0.1, -0.05) is 51.2 Å². The molecule has 6 heteroatoms. The van der Waals surface area contributed by atoms with Crippen LogP contribution in [0.15, 0.2) is 36.4 Å². The standard InChI is InChI=1S/C21H28N4O2/c1-3-4-5-6-7-10-13-27-21-14-16(22)19(15-20(21)26-2)25-23-17-11-8-9-12-18(17)24-25/h8-9,11-12,14-15H,3-7,10,13,22H2,1-2H3. The van der Waals surface area contributed by atoms with E-state index < -0.39 is 0 Å². The highest BCUT2D eigenvalue weighted by atomic mass is 16.5. The van der Waals surface area contributed by atoms with Crippen molar-refractivity contribution in [1.29, 1.82) is 0 Å². The predicted octanol–water partition coefficient (Wildman–Crippen LogP) is 4.75. The lowest BCUT2D eigenvalue weighted by Gasteiger charge is -2.14. The number of hydrogen-bond donors (Lipinski definition) is 1. The molecule has 1 heterocycles. The van der Waals surface area contributed by atoms with E-state index in [-0.39, 0.29) is 0 Å². The third-order valence-corrected chi connectivity index (χ3v) is 4.57. The second-order valence-electron chi connectivity index (χ2n) is 6.66. The average Bonchev–Trinajstić information content (AvgIpc) is 3.11. The minimum absolute atomic E-state index is 0.550. The van der Waals surface area contributed by atoms with E-state index in [0.717, 1.165) is 17.5 Å². The summed E-state index contributed by atoms with van der Waals surface area (Å²) in [7, 11) is 1.62. The summed E-state index contributed by atoms with van der Waals surface area (Å²) in [6.07, 6.45) is 7.34. The van der Waals surface area contributed by atoms with Crippen molar-refractivity contribution in [2.24, 2.45) is 0 Å². The number of unbranched alkanes of at least 4 members (excludes halogenated alkanes) is 5. The van der Waals surface area contributed by atoms with Gasteiger partial charge in [0.25, 0.3) is 0 Å². The normalized spacial score (nSPS) is 11.0. The van der Waals surface area contributed by atoms with Crippen LogP contribution >= 0.6 is 0 Å². The molecule has 0 spiro atoms. The van der Waals surface area contributed by atoms with E-state index in [1.807, 2.05) is 30.3 Å². The minimum Gasteiger partial charge on any atom is -0.493 e. The Kier molecular flexibility index (Phi) is 6.52. The molecular formula is C21H28N4O2. The van der Waals surface area contributed by atoms with Crippen molar-refractivity contribution >= 4 is 16.7 Å². The highest BCUT2D eigenvalue weighted by Crippen LogP contribution is 2.34. The monoisotopic (exact) mass is 368 g/mol. The number of benzene rings is 2. The number of ether oxygens (including phenoxy) is 2. The van der Waals surface area contributed by atoms with Gasteiger partial charge in [-0.25, -0.2) is 0 Å². The van der Waals surface area contributed by atoms with E-state index in [4.69, 9.17) is 15.2 Å². The first-order chi connectivity index (χ1) is 13.2. The van der Waals surface area contributed by atoms with Gasteiger partial charge in [0.05, 0.1) is 19.4 Å². The lowest BCUT2D eigenvalue weighted by Crippen LogP contribution is -2.06. The average molecular weight is 368 g/mol. The number of nitrogens with two attached hydrogens (primary N) is 1. The fraction of sp³-hybridized carbons (Fsp3) is 0.429. The van der Waals surface area contributed by atoms with Crippen LogP contribution in [0.4, 0.5) is 5.69 Å². The van der Waals surface area contributed by atoms with Gasteiger partial charge in [0, 0.05) is 12.1 Å². The third kappa shape index (κ3) is 4.70. The SMILES string of the molecule is CCCCCCCCOc1cc(N)c(-n2nc3ccccc3n2)cc1OC. The van der Waals surface area contributed by atoms with Crippen LogP contribution in [0, 0.1) is 0 Å². The third-order valence-electron chi connectivity index (χ3n) is 4.57. The number of rotatable bonds is 10. The summed E-state index contributed by atoms with van der Waals surface area (Å²) in [5.74, 6) is 1.29. The van der Waals surface area contributed by atoms with Crippen molar-refractivity contribution in [3.63, 3.8) is 0 Å². The summed E-state index contributed by atoms with van der Waals surface area (Å²) in [5.41, 5.74) is 9.11. The molecule has 0 aliphatic carbocycles. The molecule has 0 atom stereocenters. The Morgan fingerprint density at radius 1 is 0.926 bits per heavy atom. The van der Waals surface area contributed by atoms with Crippen molar-refractivity contribution in [1.82, 2.24) is 15.0 Å². The number of hydrogen-bond acceptors (Lipinski definition) is 5. The molecule has 144 valence electrons. The first-order valence-electron chi connectivity index (χ1n) is 9.65. The maximum atomic E-state index is 6.25. The second-order valence-corrected chi connectivity index (χ2v) is 6.66. The highest BCUT2D eigenvalue weighted by molar-refractivity contribution is 5.74. The van der Waals surface area contributed by atoms with Gasteiger partial charge >= 0.3 is 0 Å². The zero-order valence-electron chi connectivity index (χ0n) is 16.1. The van der Waals surface area contributed by atoms with Gasteiger partial charge in [0.2, 0.25) is 0 Å². The van der Waals surface area contributed by atoms with Gasteiger partial charge in [0.15, 0.2) is 11.5 Å². The molecule has 27 heavy (non-hydrogen) atoms. The van der Waals surface area contributed by atoms with E-state index in [0.29, 0.717) is 29.5 Å². The predicted molar refractivity (Wildman–Crippen MR) is 109 cm³/mol. The van der Waals surface area contributed by atoms with E-state index in [2.05, 4.69) is 17.1 Å². The largest absolute Gasteiger partial charge is 0.493 e. The van der Waals surface area contributed by atoms with Gasteiger partial charge in [-0.3, -0.25) is 0 Å². The van der Waals surface area contributed by atoms with Gasteiger partial charge in [-0.15, -0.1) is 15.0 Å². The van der Waals surface area contributed by atoms with Crippen molar-refractivity contribution in [3.05, 3.63) is 36.4 Å². The molecule has 0 unspecified atom stereocenters. The Hall–Kier alpha value is -2.76. The molecule has 6 nitrogen and oxygen atoms in total. The van der Waals surface area contributed by atoms with Gasteiger partial charge in [0.1, 0.15) is 16.7 Å². The summed E-state index contributed by atoms with van der Waals surface area (Å²) in [6, 6.07) is 11.3. The number of anilines is 1. The summed E-state index contributed by atoms with van der Waals surface area (Å²) in [6.45, 7) is 2.88. The molecule has 1 aromatic heterocycles. The van der Waals surface area contributed by atoms with Crippen LogP contribution in [0.1, 0.15) is 45.4 Å². The summed E-state index contributed by atoms with van der Waals surface area (Å²) < 4.78 is 11.4. The Morgan fingerprint density at radius 2 is 1.59 bits per heavy atom. The van der Waals surface area contributed by atoms with Crippen LogP contribution in [0.3, 0.4) is 0 Å². The molecule has 0 fully saturated rings. The summed E-state index contributed by atoms with van der Waals surface area (Å²) in [5, 5.41) is 8.98. The molecule has 2 aromatic carbocycles. The van der Waals surface area contributed by atoms with Crippen molar-refractivity contribution < 1.29 is 9.47 Å². The number of nitrogen functional groups attached to an aromatic ring is 1. The van der Waals surface area contributed by atoms with Gasteiger partial charge < -0.3 is 15.2 Å². The van der Waals surface area contributed by atoms with Crippen LogP contribution in [0.5, 0.6) is 11.5 Å². The van der Waals surface area contributed by atoms with Crippen LogP contribution in [0.2, 0.25) is 0 Å². The van der Waals surface area contributed by atoms with Gasteiger partial charge in [-0.2, -0.15) is 0 Å². The molecule has 2 N–H and O–H groups in total.